The summed E-state index contributed by atoms with van der Waals surface area (Å²) < 4.78 is 5.47. The zero-order valence-electron chi connectivity index (χ0n) is 48.2. The molecule has 2 aromatic carbocycles. The van der Waals surface area contributed by atoms with Crippen LogP contribution in [-0.4, -0.2) is 78.3 Å². The summed E-state index contributed by atoms with van der Waals surface area (Å²) in [7, 11) is -0.713. The fourth-order valence-corrected chi connectivity index (χ4v) is 29.5. The quantitative estimate of drug-likeness (QED) is 0.156. The van der Waals surface area contributed by atoms with E-state index in [1.807, 2.05) is 0 Å². The predicted molar refractivity (Wildman–Crippen MR) is 332 cm³/mol. The van der Waals surface area contributed by atoms with Gasteiger partial charge in [-0.05, 0) is 149 Å². The van der Waals surface area contributed by atoms with E-state index in [4.69, 9.17) is 4.74 Å². The average Bonchev–Trinajstić information content (AvgIpc) is 4.29. The maximum atomic E-state index is 11.2. The van der Waals surface area contributed by atoms with Gasteiger partial charge in [-0.3, -0.25) is 4.79 Å². The minimum absolute atomic E-state index is 0.0444. The van der Waals surface area contributed by atoms with Crippen molar-refractivity contribution in [1.29, 1.82) is 0 Å². The Kier molecular flexibility index (Phi) is 28.0. The highest BCUT2D eigenvalue weighted by Gasteiger charge is 2.51. The molecule has 8 aliphatic carbocycles. The third-order valence-electron chi connectivity index (χ3n) is 19.8. The first-order chi connectivity index (χ1) is 35.0. The standard InChI is InChI=1S/C27H45P2.C17H26O2P.C12H23P.2C5H10/c1-22(28(23-14-7-4-8-15-23)24-16-9-5-10-17-24)26-20-13-21-27(26)29(2,3)25-18-11-6-12-19-25;1-13(19-14(2)18)16-11-8-12-17(16)20(3,4)15-9-6-5-7-10-15;1-3-7-11(8-4-1)13-12-9-5-2-6-10-12;2*1-2-4-5-3-1/h6,11-12,18-19,22-24,26-27H,4-5,7-10,13-17,20-21H2,1-3H3;5-7,9-10,13,16-17H,8,11-12H2,1-4H3;11-13H,1-10H2;2*1-5H2/q2*+1;;;/t22-,26?,27?;13-,16?,17?;;;/m11.../s1. The van der Waals surface area contributed by atoms with Crippen molar-refractivity contribution < 1.29 is 9.53 Å². The maximum Gasteiger partial charge on any atom is 0.302 e. The van der Waals surface area contributed by atoms with Crippen LogP contribution < -0.4 is 10.6 Å². The number of hydrogen-bond donors (Lipinski definition) is 0. The fourth-order valence-electron chi connectivity index (χ4n) is 15.6. The van der Waals surface area contributed by atoms with E-state index in [1.54, 1.807) is 56.7 Å². The molecule has 0 aromatic heterocycles. The van der Waals surface area contributed by atoms with Crippen LogP contribution in [-0.2, 0) is 9.53 Å². The van der Waals surface area contributed by atoms with Crippen molar-refractivity contribution in [3.8, 4) is 0 Å². The first-order valence-electron chi connectivity index (χ1n) is 31.5. The highest BCUT2D eigenvalue weighted by molar-refractivity contribution is 7.82. The smallest absolute Gasteiger partial charge is 0.302 e. The molecule has 0 amide bonds. The second kappa shape index (κ2) is 33.2. The molecule has 408 valence electrons. The first kappa shape index (κ1) is 60.9. The number of carbonyl (C=O) groups excluding carboxylic acids is 1. The van der Waals surface area contributed by atoms with Crippen molar-refractivity contribution in [2.45, 2.75) is 298 Å². The van der Waals surface area contributed by atoms with Crippen LogP contribution in [0.5, 0.6) is 0 Å². The van der Waals surface area contributed by atoms with E-state index in [9.17, 15) is 4.79 Å². The number of rotatable bonds is 12. The molecule has 72 heavy (non-hydrogen) atoms. The fraction of sp³-hybridized carbons (Fsp3) is 0.803. The van der Waals surface area contributed by atoms with Gasteiger partial charge >= 0.3 is 5.97 Å². The predicted octanol–water partition coefficient (Wildman–Crippen LogP) is 20.2. The third kappa shape index (κ3) is 19.5. The Balaban J connectivity index is 0.000000169. The molecule has 8 saturated carbocycles. The summed E-state index contributed by atoms with van der Waals surface area (Å²) in [6, 6.07) is 22.5. The van der Waals surface area contributed by atoms with Gasteiger partial charge in [0.25, 0.3) is 0 Å². The Morgan fingerprint density at radius 3 is 1.12 bits per heavy atom. The van der Waals surface area contributed by atoms with Crippen LogP contribution in [0, 0.1) is 11.8 Å². The molecule has 0 aliphatic heterocycles. The lowest BCUT2D eigenvalue weighted by Crippen LogP contribution is -2.35. The van der Waals surface area contributed by atoms with Gasteiger partial charge in [0.05, 0.1) is 48.6 Å². The molecular formula is C66H114O2P4+2. The molecule has 2 nitrogen and oxygen atoms in total. The van der Waals surface area contributed by atoms with Gasteiger partial charge in [-0.2, -0.15) is 0 Å². The highest BCUT2D eigenvalue weighted by Crippen LogP contribution is 2.68. The minimum atomic E-state index is -1.19. The number of benzene rings is 2. The molecule has 8 fully saturated rings. The molecule has 6 heteroatoms. The van der Waals surface area contributed by atoms with Crippen molar-refractivity contribution in [2.75, 3.05) is 26.7 Å². The van der Waals surface area contributed by atoms with Crippen LogP contribution in [0.2, 0.25) is 0 Å². The van der Waals surface area contributed by atoms with E-state index in [2.05, 4.69) is 101 Å². The van der Waals surface area contributed by atoms with Gasteiger partial charge in [-0.1, -0.05) is 193 Å². The van der Waals surface area contributed by atoms with Gasteiger partial charge in [0.2, 0.25) is 0 Å². The molecular weight excluding hydrogens is 949 g/mol. The van der Waals surface area contributed by atoms with Crippen molar-refractivity contribution in [3.05, 3.63) is 60.7 Å². The summed E-state index contributed by atoms with van der Waals surface area (Å²) in [6.45, 7) is 16.5. The largest absolute Gasteiger partial charge is 0.462 e. The molecule has 0 heterocycles. The zero-order chi connectivity index (χ0) is 51.0. The van der Waals surface area contributed by atoms with Crippen LogP contribution in [0.25, 0.3) is 0 Å². The van der Waals surface area contributed by atoms with Crippen LogP contribution >= 0.6 is 31.0 Å². The van der Waals surface area contributed by atoms with Crippen molar-refractivity contribution in [2.24, 2.45) is 11.8 Å². The summed E-state index contributed by atoms with van der Waals surface area (Å²) in [4.78, 5) is 11.2. The molecule has 0 spiro atoms. The normalized spacial score (nSPS) is 26.7. The van der Waals surface area contributed by atoms with E-state index in [0.29, 0.717) is 11.6 Å². The molecule has 2 aromatic rings. The molecule has 0 radical (unpaired) electrons. The van der Waals surface area contributed by atoms with Crippen molar-refractivity contribution in [3.63, 3.8) is 0 Å². The van der Waals surface area contributed by atoms with E-state index in [-0.39, 0.29) is 20.0 Å². The summed E-state index contributed by atoms with van der Waals surface area (Å²) >= 11 is 0. The van der Waals surface area contributed by atoms with E-state index >= 15 is 0 Å². The van der Waals surface area contributed by atoms with Gasteiger partial charge in [0, 0.05) is 33.3 Å². The van der Waals surface area contributed by atoms with Gasteiger partial charge in [0.15, 0.2) is 0 Å². The van der Waals surface area contributed by atoms with Crippen LogP contribution in [0.3, 0.4) is 0 Å². The Morgan fingerprint density at radius 2 is 0.764 bits per heavy atom. The zero-order valence-corrected chi connectivity index (χ0v) is 51.8. The molecule has 4 unspecified atom stereocenters. The van der Waals surface area contributed by atoms with Gasteiger partial charge in [-0.25, -0.2) is 0 Å². The lowest BCUT2D eigenvalue weighted by molar-refractivity contribution is -0.147. The summed E-state index contributed by atoms with van der Waals surface area (Å²) in [6.07, 6.45) is 54.1. The monoisotopic (exact) mass is 1060 g/mol. The third-order valence-corrected chi connectivity index (χ3v) is 33.8. The second-order valence-electron chi connectivity index (χ2n) is 25.5. The van der Waals surface area contributed by atoms with Gasteiger partial charge in [0.1, 0.15) is 6.10 Å². The molecule has 10 rings (SSSR count). The Bertz CT molecular complexity index is 1640. The van der Waals surface area contributed by atoms with Crippen LogP contribution in [0.4, 0.5) is 0 Å². The van der Waals surface area contributed by atoms with E-state index < -0.39 is 14.5 Å². The summed E-state index contributed by atoms with van der Waals surface area (Å²) in [5.74, 6) is 1.37. The average molecular weight is 1060 g/mol. The molecule has 0 N–H and O–H groups in total. The Labute approximate surface area is 451 Å². The lowest BCUT2D eigenvalue weighted by atomic mass is 9.99. The van der Waals surface area contributed by atoms with Crippen LogP contribution in [0.1, 0.15) is 252 Å². The number of carbonyl (C=O) groups is 1. The minimum Gasteiger partial charge on any atom is -0.462 e. The molecule has 6 atom stereocenters. The number of esters is 1. The van der Waals surface area contributed by atoms with Crippen molar-refractivity contribution in [1.82, 2.24) is 0 Å². The highest BCUT2D eigenvalue weighted by atomic mass is 31.2. The lowest BCUT2D eigenvalue weighted by Gasteiger charge is -2.45. The molecule has 0 bridgehead atoms. The number of hydrogen-bond acceptors (Lipinski definition) is 2. The second-order valence-corrected chi connectivity index (χ2v) is 39.2. The maximum absolute atomic E-state index is 11.2. The first-order valence-corrected chi connectivity index (χ1v) is 39.7. The molecule has 8 aliphatic rings. The van der Waals surface area contributed by atoms with Crippen LogP contribution in [0.15, 0.2) is 60.7 Å². The SMILES string of the molecule is C1CCC(PC2CCCCC2)CC1.C1CCCC1.C1CCCC1.CC(=O)O[C@H](C)C1CCCC1[P+](C)(C)c1ccccc1.C[C@H](C1CCCC1[P+](C)(C)c1ccccc1)P(C1CCCCC1)C1CCCCC1. The Morgan fingerprint density at radius 1 is 0.444 bits per heavy atom. The van der Waals surface area contributed by atoms with E-state index in [0.717, 1.165) is 39.9 Å². The van der Waals surface area contributed by atoms with E-state index in [1.165, 1.54) is 201 Å². The molecule has 0 saturated heterocycles. The van der Waals surface area contributed by atoms with Crippen molar-refractivity contribution >= 4 is 47.6 Å². The summed E-state index contributed by atoms with van der Waals surface area (Å²) in [5, 5.41) is 3.18. The van der Waals surface area contributed by atoms with Gasteiger partial charge < -0.3 is 4.74 Å². The van der Waals surface area contributed by atoms with Gasteiger partial charge in [-0.15, -0.1) is 8.58 Å². The Hall–Kier alpha value is -0.370. The number of ether oxygens (including phenoxy) is 1. The topological polar surface area (TPSA) is 26.3 Å². The summed E-state index contributed by atoms with van der Waals surface area (Å²) in [5.41, 5.74) is 7.18.